The Balaban J connectivity index is 1.75. The van der Waals surface area contributed by atoms with Crippen LogP contribution in [0.25, 0.3) is 11.0 Å². The Morgan fingerprint density at radius 3 is 2.58 bits per heavy atom. The second-order valence-electron chi connectivity index (χ2n) is 5.52. The molecule has 0 aliphatic heterocycles. The van der Waals surface area contributed by atoms with E-state index < -0.39 is 0 Å². The SMILES string of the molecule is CCCCC(=O)Nc1ccc(C(=O)n2nnc3ccccc32)cc1. The Bertz CT molecular complexity index is 868. The zero-order valence-corrected chi connectivity index (χ0v) is 13.4. The van der Waals surface area contributed by atoms with E-state index in [4.69, 9.17) is 0 Å². The first kappa shape index (κ1) is 15.9. The van der Waals surface area contributed by atoms with Gasteiger partial charge in [0.05, 0.1) is 5.52 Å². The normalized spacial score (nSPS) is 10.7. The monoisotopic (exact) mass is 322 g/mol. The highest BCUT2D eigenvalue weighted by atomic mass is 16.2. The lowest BCUT2D eigenvalue weighted by molar-refractivity contribution is -0.116. The molecule has 0 spiro atoms. The molecule has 0 unspecified atom stereocenters. The first-order valence-electron chi connectivity index (χ1n) is 7.94. The number of carbonyl (C=O) groups is 2. The third-order valence-corrected chi connectivity index (χ3v) is 3.72. The van der Waals surface area contributed by atoms with Gasteiger partial charge in [-0.1, -0.05) is 30.7 Å². The molecule has 0 bridgehead atoms. The highest BCUT2D eigenvalue weighted by molar-refractivity contribution is 6.00. The zero-order chi connectivity index (χ0) is 16.9. The molecule has 24 heavy (non-hydrogen) atoms. The van der Waals surface area contributed by atoms with Crippen LogP contribution in [0.3, 0.4) is 0 Å². The fraction of sp³-hybridized carbons (Fsp3) is 0.222. The number of nitrogens with one attached hydrogen (secondary N) is 1. The van der Waals surface area contributed by atoms with E-state index in [2.05, 4.69) is 15.6 Å². The van der Waals surface area contributed by atoms with E-state index in [-0.39, 0.29) is 11.8 Å². The summed E-state index contributed by atoms with van der Waals surface area (Å²) < 4.78 is 1.28. The van der Waals surface area contributed by atoms with Gasteiger partial charge in [-0.2, -0.15) is 4.68 Å². The van der Waals surface area contributed by atoms with Crippen LogP contribution in [-0.2, 0) is 4.79 Å². The van der Waals surface area contributed by atoms with Crippen LogP contribution in [0.2, 0.25) is 0 Å². The Morgan fingerprint density at radius 1 is 1.08 bits per heavy atom. The molecule has 0 fully saturated rings. The van der Waals surface area contributed by atoms with Crippen molar-refractivity contribution in [3.8, 4) is 0 Å². The minimum absolute atomic E-state index is 0.0156. The lowest BCUT2D eigenvalue weighted by Crippen LogP contribution is -2.14. The van der Waals surface area contributed by atoms with Gasteiger partial charge in [-0.15, -0.1) is 5.10 Å². The minimum Gasteiger partial charge on any atom is -0.326 e. The van der Waals surface area contributed by atoms with Gasteiger partial charge < -0.3 is 5.32 Å². The van der Waals surface area contributed by atoms with Crippen LogP contribution in [-0.4, -0.2) is 26.8 Å². The van der Waals surface area contributed by atoms with E-state index in [1.807, 2.05) is 19.1 Å². The number of carbonyl (C=O) groups excluding carboxylic acids is 2. The Morgan fingerprint density at radius 2 is 1.83 bits per heavy atom. The second kappa shape index (κ2) is 7.04. The summed E-state index contributed by atoms with van der Waals surface area (Å²) in [5.41, 5.74) is 2.50. The molecule has 122 valence electrons. The maximum Gasteiger partial charge on any atom is 0.280 e. The number of hydrogen-bond acceptors (Lipinski definition) is 4. The van der Waals surface area contributed by atoms with E-state index in [0.29, 0.717) is 28.7 Å². The van der Waals surface area contributed by atoms with Gasteiger partial charge in [0, 0.05) is 17.7 Å². The lowest BCUT2D eigenvalue weighted by atomic mass is 10.2. The van der Waals surface area contributed by atoms with Crippen LogP contribution < -0.4 is 5.32 Å². The maximum atomic E-state index is 12.6. The van der Waals surface area contributed by atoms with Gasteiger partial charge in [0.1, 0.15) is 5.52 Å². The number of amides is 1. The Labute approximate surface area is 139 Å². The van der Waals surface area contributed by atoms with Gasteiger partial charge in [0.2, 0.25) is 5.91 Å². The smallest absolute Gasteiger partial charge is 0.280 e. The lowest BCUT2D eigenvalue weighted by Gasteiger charge is -2.06. The van der Waals surface area contributed by atoms with E-state index in [1.165, 1.54) is 4.68 Å². The molecular formula is C18H18N4O2. The first-order chi connectivity index (χ1) is 11.7. The molecule has 3 aromatic rings. The molecule has 6 heteroatoms. The van der Waals surface area contributed by atoms with Crippen molar-refractivity contribution in [1.29, 1.82) is 0 Å². The quantitative estimate of drug-likeness (QED) is 0.782. The second-order valence-corrected chi connectivity index (χ2v) is 5.52. The Kier molecular flexibility index (Phi) is 4.65. The molecule has 0 radical (unpaired) electrons. The Hall–Kier alpha value is -3.02. The summed E-state index contributed by atoms with van der Waals surface area (Å²) >= 11 is 0. The molecule has 1 amide bonds. The summed E-state index contributed by atoms with van der Waals surface area (Å²) in [5.74, 6) is -0.272. The summed E-state index contributed by atoms with van der Waals surface area (Å²) in [7, 11) is 0. The molecule has 0 aliphatic carbocycles. The van der Waals surface area contributed by atoms with E-state index in [0.717, 1.165) is 12.8 Å². The van der Waals surface area contributed by atoms with E-state index >= 15 is 0 Å². The number of anilines is 1. The molecule has 6 nitrogen and oxygen atoms in total. The van der Waals surface area contributed by atoms with Crippen molar-refractivity contribution in [2.24, 2.45) is 0 Å². The summed E-state index contributed by atoms with van der Waals surface area (Å²) in [6.45, 7) is 2.04. The minimum atomic E-state index is -0.257. The fourth-order valence-electron chi connectivity index (χ4n) is 2.40. The molecule has 0 atom stereocenters. The van der Waals surface area contributed by atoms with Crippen LogP contribution >= 0.6 is 0 Å². The summed E-state index contributed by atoms with van der Waals surface area (Å²) in [6.07, 6.45) is 2.34. The predicted octanol–water partition coefficient (Wildman–Crippen LogP) is 3.25. The topological polar surface area (TPSA) is 76.9 Å². The van der Waals surface area contributed by atoms with Crippen molar-refractivity contribution < 1.29 is 9.59 Å². The van der Waals surface area contributed by atoms with Crippen LogP contribution in [0.1, 0.15) is 36.5 Å². The molecule has 2 aromatic carbocycles. The van der Waals surface area contributed by atoms with Crippen molar-refractivity contribution in [2.75, 3.05) is 5.32 Å². The molecule has 0 saturated carbocycles. The largest absolute Gasteiger partial charge is 0.326 e. The summed E-state index contributed by atoms with van der Waals surface area (Å²) in [4.78, 5) is 24.3. The molecule has 1 heterocycles. The van der Waals surface area contributed by atoms with Gasteiger partial charge in [-0.05, 0) is 42.8 Å². The van der Waals surface area contributed by atoms with Gasteiger partial charge in [-0.25, -0.2) is 0 Å². The average Bonchev–Trinajstić information content (AvgIpc) is 3.04. The van der Waals surface area contributed by atoms with Crippen molar-refractivity contribution in [3.05, 3.63) is 54.1 Å². The van der Waals surface area contributed by atoms with Crippen LogP contribution in [0.4, 0.5) is 5.69 Å². The van der Waals surface area contributed by atoms with Gasteiger partial charge >= 0.3 is 0 Å². The van der Waals surface area contributed by atoms with Crippen LogP contribution in [0.15, 0.2) is 48.5 Å². The fourth-order valence-corrected chi connectivity index (χ4v) is 2.40. The van der Waals surface area contributed by atoms with E-state index in [1.54, 1.807) is 36.4 Å². The molecule has 0 aliphatic rings. The summed E-state index contributed by atoms with van der Waals surface area (Å²) in [5, 5.41) is 10.7. The standard InChI is InChI=1S/C18H18N4O2/c1-2-3-8-17(23)19-14-11-9-13(10-12-14)18(24)22-16-7-5-4-6-15(16)20-21-22/h4-7,9-12H,2-3,8H2,1H3,(H,19,23). The van der Waals surface area contributed by atoms with Crippen molar-refractivity contribution in [3.63, 3.8) is 0 Å². The predicted molar refractivity (Wildman–Crippen MR) is 91.9 cm³/mol. The number of fused-ring (bicyclic) bond motifs is 1. The van der Waals surface area contributed by atoms with Crippen LogP contribution in [0.5, 0.6) is 0 Å². The number of benzene rings is 2. The average molecular weight is 322 g/mol. The van der Waals surface area contributed by atoms with Crippen molar-refractivity contribution in [2.45, 2.75) is 26.2 Å². The number of aromatic nitrogens is 3. The van der Waals surface area contributed by atoms with Crippen LogP contribution in [0, 0.1) is 0 Å². The highest BCUT2D eigenvalue weighted by Gasteiger charge is 2.14. The molecular weight excluding hydrogens is 304 g/mol. The van der Waals surface area contributed by atoms with E-state index in [9.17, 15) is 9.59 Å². The zero-order valence-electron chi connectivity index (χ0n) is 13.4. The number of nitrogens with zero attached hydrogens (tertiary/aromatic N) is 3. The molecule has 0 saturated heterocycles. The molecule has 3 rings (SSSR count). The van der Waals surface area contributed by atoms with Gasteiger partial charge in [0.15, 0.2) is 0 Å². The number of rotatable bonds is 5. The molecule has 1 N–H and O–H groups in total. The number of para-hydroxylation sites is 1. The van der Waals surface area contributed by atoms with Gasteiger partial charge in [0.25, 0.3) is 5.91 Å². The number of hydrogen-bond donors (Lipinski definition) is 1. The third kappa shape index (κ3) is 3.32. The highest BCUT2D eigenvalue weighted by Crippen LogP contribution is 2.15. The maximum absolute atomic E-state index is 12.6. The summed E-state index contributed by atoms with van der Waals surface area (Å²) in [6, 6.07) is 14.1. The first-order valence-corrected chi connectivity index (χ1v) is 7.94. The number of unbranched alkanes of at least 4 members (excludes halogenated alkanes) is 1. The van der Waals surface area contributed by atoms with Crippen molar-refractivity contribution in [1.82, 2.24) is 15.0 Å². The van der Waals surface area contributed by atoms with Gasteiger partial charge in [-0.3, -0.25) is 9.59 Å². The molecule has 1 aromatic heterocycles. The third-order valence-electron chi connectivity index (χ3n) is 3.72. The van der Waals surface area contributed by atoms with Crippen molar-refractivity contribution >= 4 is 28.5 Å².